The zero-order valence-corrected chi connectivity index (χ0v) is 32.2. The van der Waals surface area contributed by atoms with Gasteiger partial charge in [-0.2, -0.15) is 0 Å². The third-order valence-corrected chi connectivity index (χ3v) is 12.4. The first kappa shape index (κ1) is 37.9. The number of amides is 4. The van der Waals surface area contributed by atoms with E-state index in [0.717, 1.165) is 14.2 Å². The van der Waals surface area contributed by atoms with Gasteiger partial charge in [-0.15, -0.1) is 0 Å². The van der Waals surface area contributed by atoms with Crippen molar-refractivity contribution in [2.75, 3.05) is 24.9 Å². The Balaban J connectivity index is 0.000000193. The molecule has 0 bridgehead atoms. The molecule has 0 radical (unpaired) electrons. The molecule has 0 spiro atoms. The fourth-order valence-corrected chi connectivity index (χ4v) is 8.99. The lowest BCUT2D eigenvalue weighted by atomic mass is 10.1. The molecule has 5 aromatic rings. The second kappa shape index (κ2) is 16.0. The van der Waals surface area contributed by atoms with E-state index in [1.54, 1.807) is 87.0 Å². The van der Waals surface area contributed by atoms with Gasteiger partial charge in [-0.3, -0.25) is 0 Å². The first-order valence-corrected chi connectivity index (χ1v) is 20.0. The van der Waals surface area contributed by atoms with Gasteiger partial charge in [0.1, 0.15) is 21.3 Å². The second-order valence-corrected chi connectivity index (χ2v) is 16.5. The van der Waals surface area contributed by atoms with Crippen LogP contribution in [0.2, 0.25) is 0 Å². The van der Waals surface area contributed by atoms with Crippen LogP contribution in [0.1, 0.15) is 22.3 Å². The molecule has 4 amide bonds. The second-order valence-electron chi connectivity index (χ2n) is 11.9. The number of carbonyl (C=O) groups is 2. The van der Waals surface area contributed by atoms with Crippen molar-refractivity contribution in [3.63, 3.8) is 0 Å². The molecule has 54 heavy (non-hydrogen) atoms. The highest BCUT2D eigenvalue weighted by Gasteiger charge is 2.38. The largest absolute Gasteiger partial charge is 0.497 e. The molecule has 2 aliphatic rings. The van der Waals surface area contributed by atoms with Crippen molar-refractivity contribution < 1.29 is 35.9 Å². The lowest BCUT2D eigenvalue weighted by Gasteiger charge is -2.29. The first-order valence-electron chi connectivity index (χ1n) is 16.3. The van der Waals surface area contributed by atoms with E-state index in [0.29, 0.717) is 39.1 Å². The van der Waals surface area contributed by atoms with E-state index in [9.17, 15) is 26.4 Å². The lowest BCUT2D eigenvalue weighted by Crippen LogP contribution is -2.43. The minimum atomic E-state index is -4.02. The number of hydrogen-bond donors (Lipinski definition) is 2. The summed E-state index contributed by atoms with van der Waals surface area (Å²) in [6.07, 6.45) is 0.561. The number of nitrogens with one attached hydrogen (secondary N) is 2. The summed E-state index contributed by atoms with van der Waals surface area (Å²) in [5.74, 6) is 7.39. The summed E-state index contributed by atoms with van der Waals surface area (Å²) >= 11 is 3.25. The molecular weight excluding hydrogens is 796 g/mol. The Morgan fingerprint density at radius 3 is 1.59 bits per heavy atom. The molecule has 5 aromatic carbocycles. The summed E-state index contributed by atoms with van der Waals surface area (Å²) < 4.78 is 64.3. The highest BCUT2D eigenvalue weighted by molar-refractivity contribution is 9.10. The highest BCUT2D eigenvalue weighted by Crippen LogP contribution is 2.34. The molecule has 0 saturated carbocycles. The minimum Gasteiger partial charge on any atom is -0.497 e. The molecule has 0 aromatic heterocycles. The maximum Gasteiger partial charge on any atom is 0.336 e. The number of ether oxygens (including phenoxy) is 2. The third kappa shape index (κ3) is 8.36. The number of methoxy groups -OCH3 is 2. The SMILES string of the molecule is COc1ccc(CN2C(=O)Nc3ccc(Br)cc3S2(=O)=O)cc1.COc1ccc(CN2C(=O)Nc3ccc(C#CCc4ccccc4)cc3S2(=O)=O)cc1. The van der Waals surface area contributed by atoms with Crippen LogP contribution in [-0.2, 0) is 39.6 Å². The van der Waals surface area contributed by atoms with Gasteiger partial charge in [-0.05, 0) is 77.4 Å². The van der Waals surface area contributed by atoms with Crippen molar-refractivity contribution in [2.45, 2.75) is 29.3 Å². The Bertz CT molecular complexity index is 2490. The van der Waals surface area contributed by atoms with E-state index in [1.165, 1.54) is 12.1 Å². The van der Waals surface area contributed by atoms with Gasteiger partial charge in [-0.1, -0.05) is 82.4 Å². The summed E-state index contributed by atoms with van der Waals surface area (Å²) in [7, 11) is -4.83. The van der Waals surface area contributed by atoms with Crippen molar-refractivity contribution >= 4 is 59.4 Å². The summed E-state index contributed by atoms with van der Waals surface area (Å²) in [6.45, 7) is -0.133. The molecule has 2 aliphatic heterocycles. The van der Waals surface area contributed by atoms with Crippen molar-refractivity contribution in [2.24, 2.45) is 0 Å². The number of halogens is 1. The summed E-state index contributed by atoms with van der Waals surface area (Å²) in [4.78, 5) is 24.8. The number of fused-ring (bicyclic) bond motifs is 2. The van der Waals surface area contributed by atoms with E-state index >= 15 is 0 Å². The Morgan fingerprint density at radius 1 is 0.611 bits per heavy atom. The van der Waals surface area contributed by atoms with Crippen LogP contribution < -0.4 is 20.1 Å². The van der Waals surface area contributed by atoms with Gasteiger partial charge < -0.3 is 20.1 Å². The van der Waals surface area contributed by atoms with Crippen LogP contribution in [0, 0.1) is 11.8 Å². The monoisotopic (exact) mass is 828 g/mol. The molecule has 0 unspecified atom stereocenters. The number of hydrogen-bond acceptors (Lipinski definition) is 8. The van der Waals surface area contributed by atoms with Crippen LogP contribution in [0.25, 0.3) is 0 Å². The lowest BCUT2D eigenvalue weighted by molar-refractivity contribution is 0.232. The normalized spacial score (nSPS) is 14.8. The molecule has 7 rings (SSSR count). The molecule has 2 heterocycles. The van der Waals surface area contributed by atoms with Crippen LogP contribution in [0.4, 0.5) is 21.0 Å². The van der Waals surface area contributed by atoms with E-state index in [4.69, 9.17) is 9.47 Å². The first-order chi connectivity index (χ1) is 25.9. The summed E-state index contributed by atoms with van der Waals surface area (Å²) in [5.41, 5.74) is 3.54. The van der Waals surface area contributed by atoms with Gasteiger partial charge in [0.25, 0.3) is 20.0 Å². The predicted octanol–water partition coefficient (Wildman–Crippen LogP) is 7.22. The fraction of sp³-hybridized carbons (Fsp3) is 0.128. The molecule has 15 heteroatoms. The van der Waals surface area contributed by atoms with Gasteiger partial charge >= 0.3 is 12.1 Å². The number of rotatable bonds is 7. The number of urea groups is 2. The quantitative estimate of drug-likeness (QED) is 0.163. The standard InChI is InChI=1S/C24H20N2O4S.C15H13BrN2O4S/c1-30-21-13-10-20(11-14-21)17-26-24(27)25-22-15-12-19(16-23(22)31(26,28)29)9-5-8-18-6-3-2-4-7-18;1-22-12-5-2-10(3-6-12)9-18-15(19)17-13-7-4-11(16)8-14(13)23(18,20)21/h2-4,6-7,10-16H,8,17H2,1H3,(H,25,27);2-8H,9H2,1H3,(H,17,19). The zero-order valence-electron chi connectivity index (χ0n) is 28.9. The van der Waals surface area contributed by atoms with Crippen molar-refractivity contribution in [3.05, 3.63) is 142 Å². The van der Waals surface area contributed by atoms with Crippen LogP contribution >= 0.6 is 15.9 Å². The Kier molecular flexibility index (Phi) is 11.3. The van der Waals surface area contributed by atoms with E-state index in [1.807, 2.05) is 30.3 Å². The smallest absolute Gasteiger partial charge is 0.336 e. The van der Waals surface area contributed by atoms with Gasteiger partial charge in [0.05, 0.1) is 38.7 Å². The van der Waals surface area contributed by atoms with Crippen molar-refractivity contribution in [1.82, 2.24) is 8.61 Å². The molecule has 276 valence electrons. The minimum absolute atomic E-state index is 0.0344. The van der Waals surface area contributed by atoms with Crippen molar-refractivity contribution in [3.8, 4) is 23.3 Å². The molecule has 0 atom stereocenters. The molecule has 0 aliphatic carbocycles. The van der Waals surface area contributed by atoms with Crippen LogP contribution in [-0.4, -0.2) is 51.7 Å². The molecule has 12 nitrogen and oxygen atoms in total. The predicted molar refractivity (Wildman–Crippen MR) is 207 cm³/mol. The van der Waals surface area contributed by atoms with Crippen LogP contribution in [0.15, 0.2) is 130 Å². The third-order valence-electron chi connectivity index (χ3n) is 8.34. The molecule has 2 N–H and O–H groups in total. The number of nitrogens with zero attached hydrogens (tertiary/aromatic N) is 2. The van der Waals surface area contributed by atoms with Gasteiger partial charge in [0.2, 0.25) is 0 Å². The summed E-state index contributed by atoms with van der Waals surface area (Å²) in [6, 6.07) is 31.7. The highest BCUT2D eigenvalue weighted by atomic mass is 79.9. The van der Waals surface area contributed by atoms with Gasteiger partial charge in [0.15, 0.2) is 0 Å². The van der Waals surface area contributed by atoms with E-state index < -0.39 is 32.1 Å². The van der Waals surface area contributed by atoms with E-state index in [2.05, 4.69) is 38.4 Å². The number of benzene rings is 5. The average Bonchev–Trinajstić information content (AvgIpc) is 3.17. The molecular formula is C39H33BrN4O8S2. The van der Waals surface area contributed by atoms with Crippen molar-refractivity contribution in [1.29, 1.82) is 0 Å². The average molecular weight is 830 g/mol. The maximum atomic E-state index is 13.2. The number of carbonyl (C=O) groups excluding carboxylic acids is 2. The Labute approximate surface area is 321 Å². The zero-order chi connectivity index (χ0) is 38.5. The van der Waals surface area contributed by atoms with Gasteiger partial charge in [-0.25, -0.2) is 35.0 Å². The fourth-order valence-electron chi connectivity index (χ4n) is 5.49. The number of anilines is 2. The number of sulfonamides is 2. The molecule has 0 saturated heterocycles. The van der Waals surface area contributed by atoms with Gasteiger partial charge in [0, 0.05) is 16.5 Å². The maximum absolute atomic E-state index is 13.2. The van der Waals surface area contributed by atoms with E-state index in [-0.39, 0.29) is 34.3 Å². The Hall–Kier alpha value is -5.82. The summed E-state index contributed by atoms with van der Waals surface area (Å²) in [5, 5.41) is 5.25. The van der Waals surface area contributed by atoms with Crippen LogP contribution in [0.3, 0.4) is 0 Å². The topological polar surface area (TPSA) is 151 Å². The molecule has 0 fully saturated rings. The van der Waals surface area contributed by atoms with Crippen LogP contribution in [0.5, 0.6) is 11.5 Å². The Morgan fingerprint density at radius 2 is 1.09 bits per heavy atom.